The van der Waals surface area contributed by atoms with Crippen molar-refractivity contribution < 1.29 is 5.11 Å². The van der Waals surface area contributed by atoms with Gasteiger partial charge in [0, 0.05) is 0 Å². The van der Waals surface area contributed by atoms with Crippen molar-refractivity contribution in [1.29, 1.82) is 0 Å². The first-order chi connectivity index (χ1) is 3.06. The minimum Gasteiger partial charge on any atom is -0.230 e. The maximum absolute atomic E-state index is 10.7. The number of rotatable bonds is 2. The Bertz CT molecular complexity index is 42.6. The van der Waals surface area contributed by atoms with E-state index in [2.05, 4.69) is 0 Å². The molecule has 0 aliphatic carbocycles. The van der Waals surface area contributed by atoms with Crippen molar-refractivity contribution >= 4 is 0 Å². The molecule has 0 aliphatic heterocycles. The smallest absolute Gasteiger partial charge is 0.0983 e. The van der Waals surface area contributed by atoms with E-state index in [1.807, 2.05) is 13.3 Å². The second-order valence-electron chi connectivity index (χ2n) is 2.37. The summed E-state index contributed by atoms with van der Waals surface area (Å²) in [5.41, 5.74) is -0.755. The number of hydrogen-bond acceptors (Lipinski definition) is 0. The van der Waals surface area contributed by atoms with Crippen LogP contribution < -0.4 is 0 Å². The largest absolute Gasteiger partial charge is 0.230 e. The molecule has 42 valence electrons. The molecule has 2 radical (unpaired) electrons. The molecule has 0 aromatic carbocycles. The fourth-order valence-corrected chi connectivity index (χ4v) is 0.492. The predicted octanol–water partition coefficient (Wildman–Crippen LogP) is 1.81. The van der Waals surface area contributed by atoms with Crippen LogP contribution in [0.1, 0.15) is 27.2 Å². The highest BCUT2D eigenvalue weighted by molar-refractivity contribution is 4.71. The van der Waals surface area contributed by atoms with Crippen molar-refractivity contribution in [3.8, 4) is 0 Å². The summed E-state index contributed by atoms with van der Waals surface area (Å²) in [5, 5.41) is 10.7. The van der Waals surface area contributed by atoms with Gasteiger partial charge in [-0.2, -0.15) is 0 Å². The van der Waals surface area contributed by atoms with Gasteiger partial charge in [-0.25, -0.2) is 5.11 Å². The van der Waals surface area contributed by atoms with Crippen molar-refractivity contribution in [3.05, 3.63) is 6.42 Å². The lowest BCUT2D eigenvalue weighted by atomic mass is 10.0. The first-order valence-electron chi connectivity index (χ1n) is 2.54. The maximum atomic E-state index is 10.7. The molecular weight excluding hydrogens is 88.1 g/mol. The predicted molar refractivity (Wildman–Crippen MR) is 29.4 cm³/mol. The molecule has 0 spiro atoms. The Morgan fingerprint density at radius 3 is 2.00 bits per heavy atom. The normalized spacial score (nSPS) is 12.0. The molecule has 0 amide bonds. The third-order valence-electron chi connectivity index (χ3n) is 0.696. The van der Waals surface area contributed by atoms with Crippen molar-refractivity contribution in [1.82, 2.24) is 0 Å². The Labute approximate surface area is 45.4 Å². The molecular formula is C6H12O. The Balaban J connectivity index is 3.15. The van der Waals surface area contributed by atoms with E-state index in [0.717, 1.165) is 0 Å². The van der Waals surface area contributed by atoms with Gasteiger partial charge in [-0.3, -0.25) is 0 Å². The van der Waals surface area contributed by atoms with Gasteiger partial charge in [0.05, 0.1) is 5.60 Å². The van der Waals surface area contributed by atoms with E-state index in [4.69, 9.17) is 0 Å². The molecule has 0 saturated carbocycles. The zero-order chi connectivity index (χ0) is 5.91. The molecule has 0 saturated heterocycles. The molecule has 0 rings (SSSR count). The first kappa shape index (κ1) is 6.96. The second kappa shape index (κ2) is 2.31. The van der Waals surface area contributed by atoms with Gasteiger partial charge in [-0.05, 0) is 26.7 Å². The summed E-state index contributed by atoms with van der Waals surface area (Å²) < 4.78 is 0. The van der Waals surface area contributed by atoms with E-state index in [0.29, 0.717) is 6.42 Å². The van der Waals surface area contributed by atoms with Crippen LogP contribution in [0.4, 0.5) is 0 Å². The fraction of sp³-hybridized carbons (Fsp3) is 0.833. The maximum Gasteiger partial charge on any atom is 0.0983 e. The number of hydrogen-bond donors (Lipinski definition) is 0. The second-order valence-corrected chi connectivity index (χ2v) is 2.37. The summed E-state index contributed by atoms with van der Waals surface area (Å²) in [6.45, 7) is 5.28. The van der Waals surface area contributed by atoms with Crippen LogP contribution in [-0.4, -0.2) is 5.60 Å². The molecule has 0 N–H and O–H groups in total. The van der Waals surface area contributed by atoms with E-state index >= 15 is 0 Å². The average molecular weight is 100 g/mol. The van der Waals surface area contributed by atoms with Crippen LogP contribution in [0.5, 0.6) is 0 Å². The van der Waals surface area contributed by atoms with Crippen LogP contribution >= 0.6 is 0 Å². The van der Waals surface area contributed by atoms with Gasteiger partial charge in [0.15, 0.2) is 0 Å². The van der Waals surface area contributed by atoms with Gasteiger partial charge in [-0.15, -0.1) is 0 Å². The van der Waals surface area contributed by atoms with Gasteiger partial charge in [0.1, 0.15) is 0 Å². The summed E-state index contributed by atoms with van der Waals surface area (Å²) in [5.74, 6) is 0. The monoisotopic (exact) mass is 100 g/mol. The van der Waals surface area contributed by atoms with Crippen molar-refractivity contribution in [2.75, 3.05) is 0 Å². The molecule has 0 heterocycles. The van der Waals surface area contributed by atoms with E-state index in [9.17, 15) is 5.11 Å². The van der Waals surface area contributed by atoms with Gasteiger partial charge in [-0.1, -0.05) is 6.92 Å². The third-order valence-corrected chi connectivity index (χ3v) is 0.696. The highest BCUT2D eigenvalue weighted by atomic mass is 16.3. The Hall–Kier alpha value is -0.0400. The summed E-state index contributed by atoms with van der Waals surface area (Å²) in [6, 6.07) is 0. The van der Waals surface area contributed by atoms with E-state index in [-0.39, 0.29) is 0 Å². The van der Waals surface area contributed by atoms with Gasteiger partial charge in [0.25, 0.3) is 0 Å². The Kier molecular flexibility index (Phi) is 2.30. The molecule has 7 heavy (non-hydrogen) atoms. The van der Waals surface area contributed by atoms with Crippen LogP contribution in [0.25, 0.3) is 0 Å². The lowest BCUT2D eigenvalue weighted by Crippen LogP contribution is -2.15. The third kappa shape index (κ3) is 5.96. The minimum atomic E-state index is -0.755. The zero-order valence-electron chi connectivity index (χ0n) is 5.19. The molecule has 0 aliphatic rings. The molecule has 1 heteroatoms. The Morgan fingerprint density at radius 1 is 1.57 bits per heavy atom. The van der Waals surface area contributed by atoms with Crippen molar-refractivity contribution in [2.24, 2.45) is 0 Å². The van der Waals surface area contributed by atoms with Gasteiger partial charge in [0.2, 0.25) is 0 Å². The quantitative estimate of drug-likeness (QED) is 0.504. The van der Waals surface area contributed by atoms with Crippen molar-refractivity contribution in [3.63, 3.8) is 0 Å². The summed E-state index contributed by atoms with van der Waals surface area (Å²) >= 11 is 0. The van der Waals surface area contributed by atoms with Crippen molar-refractivity contribution in [2.45, 2.75) is 32.8 Å². The van der Waals surface area contributed by atoms with E-state index in [1.165, 1.54) is 0 Å². The SMILES string of the molecule is C[CH]CC(C)(C)[O]. The molecule has 0 bridgehead atoms. The lowest BCUT2D eigenvalue weighted by molar-refractivity contribution is 0.00406. The summed E-state index contributed by atoms with van der Waals surface area (Å²) in [6.07, 6.45) is 2.56. The molecule has 1 nitrogen and oxygen atoms in total. The molecule has 0 aromatic heterocycles. The van der Waals surface area contributed by atoms with Crippen LogP contribution in [0.3, 0.4) is 0 Å². The van der Waals surface area contributed by atoms with Crippen LogP contribution in [0.15, 0.2) is 0 Å². The molecule has 0 unspecified atom stereocenters. The van der Waals surface area contributed by atoms with Crippen LogP contribution in [-0.2, 0) is 5.11 Å². The lowest BCUT2D eigenvalue weighted by Gasteiger charge is -2.10. The molecule has 0 fully saturated rings. The topological polar surface area (TPSA) is 19.9 Å². The molecule has 0 aromatic rings. The fourth-order valence-electron chi connectivity index (χ4n) is 0.492. The van der Waals surface area contributed by atoms with Crippen LogP contribution in [0.2, 0.25) is 0 Å². The Morgan fingerprint density at radius 2 is 2.00 bits per heavy atom. The molecule has 0 atom stereocenters. The highest BCUT2D eigenvalue weighted by Gasteiger charge is 2.11. The standard InChI is InChI=1S/C6H12O/c1-4-5-6(2,3)7/h4H,5H2,1-3H3. The zero-order valence-corrected chi connectivity index (χ0v) is 5.19. The van der Waals surface area contributed by atoms with Gasteiger partial charge < -0.3 is 0 Å². The highest BCUT2D eigenvalue weighted by Crippen LogP contribution is 2.08. The first-order valence-corrected chi connectivity index (χ1v) is 2.54. The summed E-state index contributed by atoms with van der Waals surface area (Å²) in [7, 11) is 0. The average Bonchev–Trinajstić information content (AvgIpc) is 1.30. The van der Waals surface area contributed by atoms with E-state index < -0.39 is 5.60 Å². The van der Waals surface area contributed by atoms with Crippen LogP contribution in [0, 0.1) is 6.42 Å². The van der Waals surface area contributed by atoms with E-state index in [1.54, 1.807) is 13.8 Å². The minimum absolute atomic E-state index is 0.660. The summed E-state index contributed by atoms with van der Waals surface area (Å²) in [4.78, 5) is 0. The van der Waals surface area contributed by atoms with Gasteiger partial charge >= 0.3 is 0 Å².